The minimum Gasteiger partial charge on any atom is -0.493 e. The van der Waals surface area contributed by atoms with Crippen molar-refractivity contribution < 1.29 is 31.1 Å². The zero-order valence-corrected chi connectivity index (χ0v) is 18.2. The van der Waals surface area contributed by atoms with Crippen LogP contribution < -0.4 is 13.8 Å². The molecule has 6 nitrogen and oxygen atoms in total. The minimum absolute atomic E-state index is 0.0715. The van der Waals surface area contributed by atoms with Crippen molar-refractivity contribution in [3.63, 3.8) is 0 Å². The Morgan fingerprint density at radius 2 is 1.62 bits per heavy atom. The van der Waals surface area contributed by atoms with Crippen LogP contribution in [0.5, 0.6) is 17.2 Å². The highest BCUT2D eigenvalue weighted by Gasteiger charge is 2.38. The number of pyridine rings is 1. The minimum atomic E-state index is -4.88. The number of hydrogen-bond donors (Lipinski definition) is 0. The highest BCUT2D eigenvalue weighted by atomic mass is 32.2. The predicted octanol–water partition coefficient (Wildman–Crippen LogP) is 5.09. The van der Waals surface area contributed by atoms with Crippen LogP contribution in [0.1, 0.15) is 11.3 Å². The van der Waals surface area contributed by atoms with Crippen molar-refractivity contribution >= 4 is 15.7 Å². The van der Waals surface area contributed by atoms with Gasteiger partial charge in [-0.2, -0.15) is 13.2 Å². The number of halogens is 3. The fraction of sp³-hybridized carbons (Fsp3) is 0.227. The first-order valence-electron chi connectivity index (χ1n) is 9.47. The lowest BCUT2D eigenvalue weighted by Gasteiger charge is -2.25. The number of sulfonamides is 1. The third-order valence-electron chi connectivity index (χ3n) is 4.40. The Hall–Kier alpha value is -3.27. The van der Waals surface area contributed by atoms with Crippen LogP contribution in [0.3, 0.4) is 0 Å². The van der Waals surface area contributed by atoms with Crippen molar-refractivity contribution in [2.45, 2.75) is 19.6 Å². The maximum Gasteiger partial charge on any atom is 0.404 e. The number of nitrogens with zero attached hydrogens (tertiary/aromatic N) is 2. The van der Waals surface area contributed by atoms with E-state index in [4.69, 9.17) is 9.47 Å². The first-order chi connectivity index (χ1) is 15.1. The molecule has 0 aliphatic rings. The maximum atomic E-state index is 12.9. The summed E-state index contributed by atoms with van der Waals surface area (Å²) in [5.74, 6) is -0.671. The second kappa shape index (κ2) is 9.47. The molecule has 0 saturated carbocycles. The molecule has 0 atom stereocenters. The largest absolute Gasteiger partial charge is 0.493 e. The number of aromatic nitrogens is 1. The number of alkyl halides is 3. The average Bonchev–Trinajstić information content (AvgIpc) is 2.72. The van der Waals surface area contributed by atoms with E-state index in [1.54, 1.807) is 43.3 Å². The van der Waals surface area contributed by atoms with Gasteiger partial charge in [0.15, 0.2) is 17.3 Å². The monoisotopic (exact) mass is 466 g/mol. The van der Waals surface area contributed by atoms with E-state index < -0.39 is 22.0 Å². The molecule has 0 radical (unpaired) electrons. The molecular weight excluding hydrogens is 445 g/mol. The number of rotatable bonds is 8. The fourth-order valence-corrected chi connectivity index (χ4v) is 4.26. The lowest BCUT2D eigenvalue weighted by atomic mass is 10.2. The molecule has 170 valence electrons. The third-order valence-corrected chi connectivity index (χ3v) is 6.11. The summed E-state index contributed by atoms with van der Waals surface area (Å²) >= 11 is 0. The van der Waals surface area contributed by atoms with Crippen LogP contribution in [0.2, 0.25) is 0 Å². The number of anilines is 1. The normalized spacial score (nSPS) is 11.8. The molecule has 0 N–H and O–H groups in total. The zero-order chi connectivity index (χ0) is 23.4. The molecule has 1 heterocycles. The Labute approximate surface area is 184 Å². The number of methoxy groups -OCH3 is 1. The SMILES string of the molecule is COc1ccccc1Oc1ccc(N(Cc2ccc(C)nc2)S(=O)(=O)CC(F)(F)F)cc1. The first-order valence-corrected chi connectivity index (χ1v) is 11.1. The number of ether oxygens (including phenoxy) is 2. The van der Waals surface area contributed by atoms with Crippen LogP contribution in [0, 0.1) is 6.92 Å². The molecule has 3 aromatic rings. The molecule has 0 saturated heterocycles. The van der Waals surface area contributed by atoms with Gasteiger partial charge >= 0.3 is 6.18 Å². The molecule has 10 heteroatoms. The summed E-state index contributed by atoms with van der Waals surface area (Å²) in [6, 6.07) is 16.0. The quantitative estimate of drug-likeness (QED) is 0.463. The van der Waals surface area contributed by atoms with Gasteiger partial charge in [0.1, 0.15) is 5.75 Å². The van der Waals surface area contributed by atoms with Gasteiger partial charge in [-0.3, -0.25) is 9.29 Å². The molecule has 1 aromatic heterocycles. The summed E-state index contributed by atoms with van der Waals surface area (Å²) in [6.07, 6.45) is -3.44. The number of para-hydroxylation sites is 2. The van der Waals surface area contributed by atoms with E-state index in [0.717, 1.165) is 4.31 Å². The average molecular weight is 466 g/mol. The van der Waals surface area contributed by atoms with E-state index in [-0.39, 0.29) is 12.2 Å². The molecule has 0 aliphatic heterocycles. The van der Waals surface area contributed by atoms with Crippen LogP contribution in [0.25, 0.3) is 0 Å². The van der Waals surface area contributed by atoms with Gasteiger partial charge in [0.25, 0.3) is 0 Å². The first kappa shape index (κ1) is 23.4. The summed E-state index contributed by atoms with van der Waals surface area (Å²) < 4.78 is 75.8. The van der Waals surface area contributed by atoms with Gasteiger partial charge in [-0.15, -0.1) is 0 Å². The van der Waals surface area contributed by atoms with Gasteiger partial charge in [0.05, 0.1) is 19.3 Å². The Bertz CT molecular complexity index is 1150. The summed E-state index contributed by atoms with van der Waals surface area (Å²) in [6.45, 7) is 1.46. The molecule has 0 amide bonds. The Kier molecular flexibility index (Phi) is 6.93. The van der Waals surface area contributed by atoms with Gasteiger partial charge in [-0.05, 0) is 55.0 Å². The van der Waals surface area contributed by atoms with Crippen molar-refractivity contribution in [1.29, 1.82) is 0 Å². The summed E-state index contributed by atoms with van der Waals surface area (Å²) in [5.41, 5.74) is 1.23. The van der Waals surface area contributed by atoms with E-state index in [1.807, 2.05) is 0 Å². The van der Waals surface area contributed by atoms with Crippen molar-refractivity contribution in [2.75, 3.05) is 17.2 Å². The Balaban J connectivity index is 1.91. The van der Waals surface area contributed by atoms with Gasteiger partial charge < -0.3 is 9.47 Å². The van der Waals surface area contributed by atoms with Gasteiger partial charge in [-0.25, -0.2) is 8.42 Å². The lowest BCUT2D eigenvalue weighted by molar-refractivity contribution is -0.106. The van der Waals surface area contributed by atoms with Crippen molar-refractivity contribution in [3.05, 3.63) is 78.1 Å². The topological polar surface area (TPSA) is 68.7 Å². The molecular formula is C22H21F3N2O4S. The van der Waals surface area contributed by atoms with Crippen LogP contribution in [-0.2, 0) is 16.6 Å². The van der Waals surface area contributed by atoms with E-state index in [1.165, 1.54) is 37.6 Å². The van der Waals surface area contributed by atoms with Gasteiger partial charge in [0, 0.05) is 11.9 Å². The number of aryl methyl sites for hydroxylation is 1. The van der Waals surface area contributed by atoms with E-state index in [9.17, 15) is 21.6 Å². The molecule has 0 aliphatic carbocycles. The van der Waals surface area contributed by atoms with Crippen LogP contribution in [0.15, 0.2) is 66.9 Å². The molecule has 0 fully saturated rings. The zero-order valence-electron chi connectivity index (χ0n) is 17.3. The Morgan fingerprint density at radius 1 is 0.969 bits per heavy atom. The van der Waals surface area contributed by atoms with Crippen LogP contribution >= 0.6 is 0 Å². The molecule has 0 bridgehead atoms. The van der Waals surface area contributed by atoms with E-state index >= 15 is 0 Å². The third kappa shape index (κ3) is 6.13. The highest BCUT2D eigenvalue weighted by molar-refractivity contribution is 7.92. The summed E-state index contributed by atoms with van der Waals surface area (Å²) in [5, 5.41) is 0. The van der Waals surface area contributed by atoms with Crippen molar-refractivity contribution in [2.24, 2.45) is 0 Å². The molecule has 0 unspecified atom stereocenters. The predicted molar refractivity (Wildman–Crippen MR) is 115 cm³/mol. The standard InChI is InChI=1S/C22H21F3N2O4S/c1-16-7-8-17(13-26-16)14-27(32(28,29)15-22(23,24)25)18-9-11-19(12-10-18)31-21-6-4-3-5-20(21)30-2/h3-13H,14-15H2,1-2H3. The number of benzene rings is 2. The smallest absolute Gasteiger partial charge is 0.404 e. The van der Waals surface area contributed by atoms with Crippen LogP contribution in [0.4, 0.5) is 18.9 Å². The number of hydrogen-bond acceptors (Lipinski definition) is 5. The highest BCUT2D eigenvalue weighted by Crippen LogP contribution is 2.33. The lowest BCUT2D eigenvalue weighted by Crippen LogP contribution is -2.37. The van der Waals surface area contributed by atoms with E-state index in [2.05, 4.69) is 4.98 Å². The second-order valence-electron chi connectivity index (χ2n) is 6.93. The second-order valence-corrected chi connectivity index (χ2v) is 8.83. The van der Waals surface area contributed by atoms with Gasteiger partial charge in [0.2, 0.25) is 10.0 Å². The van der Waals surface area contributed by atoms with Crippen LogP contribution in [-0.4, -0.2) is 32.4 Å². The molecule has 0 spiro atoms. The van der Waals surface area contributed by atoms with Gasteiger partial charge in [-0.1, -0.05) is 18.2 Å². The Morgan fingerprint density at radius 3 is 2.19 bits per heavy atom. The molecule has 32 heavy (non-hydrogen) atoms. The van der Waals surface area contributed by atoms with Crippen molar-refractivity contribution in [1.82, 2.24) is 4.98 Å². The maximum absolute atomic E-state index is 12.9. The fourth-order valence-electron chi connectivity index (χ4n) is 2.90. The molecule has 3 rings (SSSR count). The van der Waals surface area contributed by atoms with E-state index in [0.29, 0.717) is 28.5 Å². The van der Waals surface area contributed by atoms with Crippen molar-refractivity contribution in [3.8, 4) is 17.2 Å². The summed E-state index contributed by atoms with van der Waals surface area (Å²) in [7, 11) is -3.21. The molecule has 2 aromatic carbocycles. The summed E-state index contributed by atoms with van der Waals surface area (Å²) in [4.78, 5) is 4.08.